The van der Waals surface area contributed by atoms with E-state index >= 15 is 0 Å². The van der Waals surface area contributed by atoms with E-state index in [1.54, 1.807) is 18.2 Å². The zero-order chi connectivity index (χ0) is 17.6. The second-order valence-electron chi connectivity index (χ2n) is 6.87. The molecule has 1 saturated heterocycles. The van der Waals surface area contributed by atoms with Gasteiger partial charge in [-0.1, -0.05) is 6.07 Å². The van der Waals surface area contributed by atoms with Gasteiger partial charge in [0.1, 0.15) is 0 Å². The van der Waals surface area contributed by atoms with E-state index < -0.39 is 10.0 Å². The molecule has 2 aliphatic heterocycles. The average Bonchev–Trinajstić information content (AvgIpc) is 3.06. The van der Waals surface area contributed by atoms with Gasteiger partial charge in [-0.25, -0.2) is 8.42 Å². The van der Waals surface area contributed by atoms with E-state index in [-0.39, 0.29) is 11.0 Å². The number of hydrogen-bond acceptors (Lipinski definition) is 4. The molecule has 2 unspecified atom stereocenters. The van der Waals surface area contributed by atoms with Crippen molar-refractivity contribution in [2.24, 2.45) is 5.92 Å². The van der Waals surface area contributed by atoms with Crippen molar-refractivity contribution in [3.8, 4) is 0 Å². The molecule has 1 fully saturated rings. The van der Waals surface area contributed by atoms with E-state index in [4.69, 9.17) is 4.74 Å². The molecule has 25 heavy (non-hydrogen) atoms. The summed E-state index contributed by atoms with van der Waals surface area (Å²) in [6.07, 6.45) is 1.00. The smallest absolute Gasteiger partial charge is 0.261 e. The Morgan fingerprint density at radius 1 is 1.12 bits per heavy atom. The third-order valence-corrected chi connectivity index (χ3v) is 6.55. The lowest BCUT2D eigenvalue weighted by Gasteiger charge is -2.28. The molecular formula is C19H22N2O3S. The normalized spacial score (nSPS) is 22.0. The van der Waals surface area contributed by atoms with Crippen LogP contribution in [-0.2, 0) is 14.8 Å². The summed E-state index contributed by atoms with van der Waals surface area (Å²) in [6, 6.07) is 10.8. The fraction of sp³-hybridized carbons (Fsp3) is 0.368. The molecule has 0 aliphatic carbocycles. The molecule has 2 heterocycles. The largest absolute Gasteiger partial charge is 0.384 e. The summed E-state index contributed by atoms with van der Waals surface area (Å²) < 4.78 is 34.1. The van der Waals surface area contributed by atoms with Gasteiger partial charge in [0, 0.05) is 36.0 Å². The van der Waals surface area contributed by atoms with Crippen molar-refractivity contribution in [3.05, 3.63) is 53.1 Å². The Balaban J connectivity index is 1.66. The molecule has 0 spiro atoms. The third kappa shape index (κ3) is 3.00. The number of fused-ring (bicyclic) bond motifs is 3. The number of rotatable bonds is 3. The third-order valence-electron chi connectivity index (χ3n) is 5.17. The number of nitrogens with one attached hydrogen (secondary N) is 2. The van der Waals surface area contributed by atoms with Gasteiger partial charge in [-0.2, -0.15) is 0 Å². The Morgan fingerprint density at radius 3 is 2.76 bits per heavy atom. The molecule has 0 amide bonds. The Kier molecular flexibility index (Phi) is 3.96. The van der Waals surface area contributed by atoms with Gasteiger partial charge in [-0.05, 0) is 61.7 Å². The minimum Gasteiger partial charge on any atom is -0.384 e. The monoisotopic (exact) mass is 358 g/mol. The van der Waals surface area contributed by atoms with E-state index in [1.807, 2.05) is 32.0 Å². The lowest BCUT2D eigenvalue weighted by Crippen LogP contribution is -2.25. The molecule has 2 aromatic carbocycles. The fourth-order valence-corrected chi connectivity index (χ4v) is 4.64. The minimum absolute atomic E-state index is 0.00646. The number of sulfonamides is 1. The maximum Gasteiger partial charge on any atom is 0.261 e. The lowest BCUT2D eigenvalue weighted by atomic mass is 9.91. The zero-order valence-corrected chi connectivity index (χ0v) is 15.2. The van der Waals surface area contributed by atoms with Gasteiger partial charge in [0.25, 0.3) is 10.0 Å². The van der Waals surface area contributed by atoms with Crippen LogP contribution in [0.3, 0.4) is 0 Å². The SMILES string of the molecule is Cc1ccc(NS(=O)(=O)c2ccc3c(c2)C2OCCC2CN3)cc1C. The molecule has 2 aliphatic rings. The van der Waals surface area contributed by atoms with Crippen LogP contribution in [-0.4, -0.2) is 21.6 Å². The number of aryl methyl sites for hydroxylation is 2. The fourth-order valence-electron chi connectivity index (χ4n) is 3.55. The predicted molar refractivity (Wildman–Crippen MR) is 98.5 cm³/mol. The van der Waals surface area contributed by atoms with Gasteiger partial charge in [-0.3, -0.25) is 4.72 Å². The first-order valence-corrected chi connectivity index (χ1v) is 10.0. The maximum atomic E-state index is 12.8. The van der Waals surface area contributed by atoms with Crippen LogP contribution in [0.4, 0.5) is 11.4 Å². The Morgan fingerprint density at radius 2 is 1.96 bits per heavy atom. The van der Waals surface area contributed by atoms with Crippen LogP contribution in [0.1, 0.15) is 29.2 Å². The van der Waals surface area contributed by atoms with Crippen molar-refractivity contribution >= 4 is 21.4 Å². The van der Waals surface area contributed by atoms with Crippen molar-refractivity contribution in [1.82, 2.24) is 0 Å². The van der Waals surface area contributed by atoms with Crippen LogP contribution in [0.25, 0.3) is 0 Å². The van der Waals surface area contributed by atoms with Gasteiger partial charge >= 0.3 is 0 Å². The van der Waals surface area contributed by atoms with Crippen LogP contribution in [0.2, 0.25) is 0 Å². The first-order valence-electron chi connectivity index (χ1n) is 8.53. The molecule has 6 heteroatoms. The summed E-state index contributed by atoms with van der Waals surface area (Å²) in [7, 11) is -3.64. The highest BCUT2D eigenvalue weighted by Gasteiger charge is 2.35. The predicted octanol–water partition coefficient (Wildman–Crippen LogP) is 3.61. The van der Waals surface area contributed by atoms with Crippen LogP contribution >= 0.6 is 0 Å². The van der Waals surface area contributed by atoms with Crippen LogP contribution in [0.15, 0.2) is 41.3 Å². The Labute approximate surface area is 148 Å². The van der Waals surface area contributed by atoms with Gasteiger partial charge in [-0.15, -0.1) is 0 Å². The van der Waals surface area contributed by atoms with E-state index in [0.717, 1.165) is 42.0 Å². The minimum atomic E-state index is -3.64. The van der Waals surface area contributed by atoms with Crippen LogP contribution in [0.5, 0.6) is 0 Å². The summed E-state index contributed by atoms with van der Waals surface area (Å²) in [6.45, 7) is 5.58. The first-order chi connectivity index (χ1) is 11.9. The highest BCUT2D eigenvalue weighted by atomic mass is 32.2. The topological polar surface area (TPSA) is 67.4 Å². The number of benzene rings is 2. The maximum absolute atomic E-state index is 12.8. The van der Waals surface area contributed by atoms with Crippen LogP contribution in [0, 0.1) is 19.8 Å². The summed E-state index contributed by atoms with van der Waals surface area (Å²) in [5.74, 6) is 0.415. The molecule has 4 rings (SSSR count). The average molecular weight is 358 g/mol. The van der Waals surface area contributed by atoms with E-state index in [1.165, 1.54) is 0 Å². The van der Waals surface area contributed by atoms with E-state index in [0.29, 0.717) is 11.6 Å². The number of hydrogen-bond donors (Lipinski definition) is 2. The van der Waals surface area contributed by atoms with Crippen molar-refractivity contribution in [2.45, 2.75) is 31.3 Å². The number of ether oxygens (including phenoxy) is 1. The zero-order valence-electron chi connectivity index (χ0n) is 14.4. The second-order valence-corrected chi connectivity index (χ2v) is 8.56. The molecule has 0 radical (unpaired) electrons. The highest BCUT2D eigenvalue weighted by molar-refractivity contribution is 7.92. The molecule has 132 valence electrons. The van der Waals surface area contributed by atoms with Crippen molar-refractivity contribution in [3.63, 3.8) is 0 Å². The van der Waals surface area contributed by atoms with Crippen molar-refractivity contribution in [1.29, 1.82) is 0 Å². The molecule has 2 N–H and O–H groups in total. The molecule has 0 bridgehead atoms. The van der Waals surface area contributed by atoms with Crippen molar-refractivity contribution in [2.75, 3.05) is 23.2 Å². The second kappa shape index (κ2) is 6.04. The van der Waals surface area contributed by atoms with Gasteiger partial charge in [0.15, 0.2) is 0 Å². The standard InChI is InChI=1S/C19H22N2O3S/c1-12-3-4-15(9-13(12)2)21-25(22,23)16-5-6-18-17(10-16)19-14(11-20-18)7-8-24-19/h3-6,9-10,14,19-21H,7-8,11H2,1-2H3. The van der Waals surface area contributed by atoms with E-state index in [2.05, 4.69) is 10.0 Å². The molecule has 2 aromatic rings. The summed E-state index contributed by atoms with van der Waals surface area (Å²) >= 11 is 0. The Hall–Kier alpha value is -2.05. The molecule has 2 atom stereocenters. The van der Waals surface area contributed by atoms with Gasteiger partial charge < -0.3 is 10.1 Å². The molecule has 0 aromatic heterocycles. The lowest BCUT2D eigenvalue weighted by molar-refractivity contribution is 0.0911. The molecular weight excluding hydrogens is 336 g/mol. The summed E-state index contributed by atoms with van der Waals surface area (Å²) in [4.78, 5) is 0.266. The van der Waals surface area contributed by atoms with Gasteiger partial charge in [0.05, 0.1) is 11.0 Å². The highest BCUT2D eigenvalue weighted by Crippen LogP contribution is 2.42. The Bertz CT molecular complexity index is 924. The quantitative estimate of drug-likeness (QED) is 0.880. The first kappa shape index (κ1) is 16.4. The summed E-state index contributed by atoms with van der Waals surface area (Å²) in [5, 5.41) is 3.38. The number of anilines is 2. The van der Waals surface area contributed by atoms with Gasteiger partial charge in [0.2, 0.25) is 0 Å². The van der Waals surface area contributed by atoms with Crippen molar-refractivity contribution < 1.29 is 13.2 Å². The molecule has 5 nitrogen and oxygen atoms in total. The molecule has 0 saturated carbocycles. The van der Waals surface area contributed by atoms with Crippen LogP contribution < -0.4 is 10.0 Å². The summed E-state index contributed by atoms with van der Waals surface area (Å²) in [5.41, 5.74) is 4.67. The van der Waals surface area contributed by atoms with E-state index in [9.17, 15) is 8.42 Å².